The number of nitrogens with zero attached hydrogens (tertiary/aromatic N) is 1. The van der Waals surface area contributed by atoms with E-state index in [1.807, 2.05) is 0 Å². The highest BCUT2D eigenvalue weighted by Gasteiger charge is 2.12. The summed E-state index contributed by atoms with van der Waals surface area (Å²) in [5.74, 6) is 0.856. The molecule has 2 rings (SSSR count). The minimum absolute atomic E-state index is 0.190. The van der Waals surface area contributed by atoms with Gasteiger partial charge in [-0.25, -0.2) is 0 Å². The first-order valence-electron chi connectivity index (χ1n) is 6.67. The second-order valence-corrected chi connectivity index (χ2v) is 4.52. The van der Waals surface area contributed by atoms with Crippen molar-refractivity contribution in [2.24, 2.45) is 0 Å². The van der Waals surface area contributed by atoms with Crippen molar-refractivity contribution >= 4 is 11.6 Å². The smallest absolute Gasteiger partial charge is 0.255 e. The Morgan fingerprint density at radius 2 is 1.86 bits per heavy atom. The zero-order valence-electron chi connectivity index (χ0n) is 12.4. The maximum atomic E-state index is 12.4. The summed E-state index contributed by atoms with van der Waals surface area (Å²) in [4.78, 5) is 12.4. The summed E-state index contributed by atoms with van der Waals surface area (Å²) in [6, 6.07) is 14.2. The molecule has 2 aromatic rings. The molecule has 0 aliphatic heterocycles. The molecule has 0 aliphatic carbocycles. The second kappa shape index (κ2) is 7.14. The van der Waals surface area contributed by atoms with Crippen LogP contribution in [0.25, 0.3) is 0 Å². The van der Waals surface area contributed by atoms with Gasteiger partial charge in [0.1, 0.15) is 0 Å². The number of benzene rings is 2. The van der Waals surface area contributed by atoms with E-state index in [-0.39, 0.29) is 12.3 Å². The van der Waals surface area contributed by atoms with Gasteiger partial charge < -0.3 is 14.8 Å². The average Bonchev–Trinajstić information content (AvgIpc) is 2.55. The van der Waals surface area contributed by atoms with Gasteiger partial charge in [0.2, 0.25) is 0 Å². The van der Waals surface area contributed by atoms with E-state index in [4.69, 9.17) is 14.7 Å². The zero-order chi connectivity index (χ0) is 15.9. The van der Waals surface area contributed by atoms with Crippen LogP contribution in [-0.4, -0.2) is 20.1 Å². The number of rotatable bonds is 5. The van der Waals surface area contributed by atoms with E-state index in [9.17, 15) is 4.79 Å². The number of hydrogen-bond acceptors (Lipinski definition) is 4. The molecule has 0 spiro atoms. The lowest BCUT2D eigenvalue weighted by Gasteiger charge is -2.11. The van der Waals surface area contributed by atoms with Crippen LogP contribution in [-0.2, 0) is 6.42 Å². The molecule has 22 heavy (non-hydrogen) atoms. The molecule has 0 saturated heterocycles. The number of carbonyl (C=O) groups excluding carboxylic acids is 1. The summed E-state index contributed by atoms with van der Waals surface area (Å²) in [5, 5.41) is 11.6. The third-order valence-corrected chi connectivity index (χ3v) is 3.17. The highest BCUT2D eigenvalue weighted by molar-refractivity contribution is 6.05. The Bertz CT molecular complexity index is 720. The van der Waals surface area contributed by atoms with Gasteiger partial charge in [-0.2, -0.15) is 5.26 Å². The fourth-order valence-electron chi connectivity index (χ4n) is 2.09. The molecule has 112 valence electrons. The molecule has 2 aromatic carbocycles. The van der Waals surface area contributed by atoms with Crippen LogP contribution in [0.3, 0.4) is 0 Å². The molecule has 0 atom stereocenters. The predicted molar refractivity (Wildman–Crippen MR) is 83.3 cm³/mol. The lowest BCUT2D eigenvalue weighted by molar-refractivity contribution is 0.102. The van der Waals surface area contributed by atoms with Crippen LogP contribution in [0, 0.1) is 11.3 Å². The molecule has 5 heteroatoms. The summed E-state index contributed by atoms with van der Waals surface area (Å²) < 4.78 is 10.4. The van der Waals surface area contributed by atoms with E-state index >= 15 is 0 Å². The quantitative estimate of drug-likeness (QED) is 0.920. The first kappa shape index (κ1) is 15.4. The van der Waals surface area contributed by atoms with E-state index in [2.05, 4.69) is 11.4 Å². The topological polar surface area (TPSA) is 71.3 Å². The van der Waals surface area contributed by atoms with Gasteiger partial charge >= 0.3 is 0 Å². The van der Waals surface area contributed by atoms with Crippen molar-refractivity contribution in [1.29, 1.82) is 5.26 Å². The lowest BCUT2D eigenvalue weighted by Crippen LogP contribution is -2.14. The van der Waals surface area contributed by atoms with Crippen molar-refractivity contribution in [3.8, 4) is 17.6 Å². The van der Waals surface area contributed by atoms with E-state index in [1.54, 1.807) is 49.6 Å². The van der Waals surface area contributed by atoms with Gasteiger partial charge in [-0.05, 0) is 23.8 Å². The van der Waals surface area contributed by atoms with Crippen LogP contribution in [0.4, 0.5) is 5.69 Å². The van der Waals surface area contributed by atoms with E-state index in [0.717, 1.165) is 0 Å². The molecule has 1 N–H and O–H groups in total. The highest BCUT2D eigenvalue weighted by atomic mass is 16.5. The number of carbonyl (C=O) groups is 1. The molecular formula is C17H16N2O3. The average molecular weight is 296 g/mol. The zero-order valence-corrected chi connectivity index (χ0v) is 12.4. The Labute approximate surface area is 129 Å². The fourth-order valence-corrected chi connectivity index (χ4v) is 2.09. The van der Waals surface area contributed by atoms with Gasteiger partial charge in [0, 0.05) is 17.3 Å². The summed E-state index contributed by atoms with van der Waals surface area (Å²) in [6.45, 7) is 0. The molecule has 0 aromatic heterocycles. The van der Waals surface area contributed by atoms with Crippen molar-refractivity contribution in [2.45, 2.75) is 6.42 Å². The van der Waals surface area contributed by atoms with Crippen molar-refractivity contribution < 1.29 is 14.3 Å². The molecular weight excluding hydrogens is 280 g/mol. The van der Waals surface area contributed by atoms with Crippen molar-refractivity contribution in [1.82, 2.24) is 0 Å². The van der Waals surface area contributed by atoms with Gasteiger partial charge in [0.25, 0.3) is 5.91 Å². The summed E-state index contributed by atoms with van der Waals surface area (Å²) in [7, 11) is 3.08. The Morgan fingerprint density at radius 1 is 1.14 bits per heavy atom. The first-order valence-corrected chi connectivity index (χ1v) is 6.67. The van der Waals surface area contributed by atoms with Crippen molar-refractivity contribution in [3.63, 3.8) is 0 Å². The molecule has 0 aliphatic rings. The highest BCUT2D eigenvalue weighted by Crippen LogP contribution is 2.30. The van der Waals surface area contributed by atoms with Crippen molar-refractivity contribution in [2.75, 3.05) is 19.5 Å². The number of nitrogens with one attached hydrogen (secondary N) is 1. The van der Waals surface area contributed by atoms with E-state index in [1.165, 1.54) is 7.11 Å². The first-order chi connectivity index (χ1) is 10.7. The van der Waals surface area contributed by atoms with Gasteiger partial charge in [0.05, 0.1) is 26.7 Å². The minimum Gasteiger partial charge on any atom is -0.493 e. The van der Waals surface area contributed by atoms with Crippen molar-refractivity contribution in [3.05, 3.63) is 53.6 Å². The Hall–Kier alpha value is -3.00. The number of anilines is 1. The third-order valence-electron chi connectivity index (χ3n) is 3.17. The van der Waals surface area contributed by atoms with Crippen LogP contribution in [0.5, 0.6) is 11.5 Å². The van der Waals surface area contributed by atoms with Crippen LogP contribution < -0.4 is 14.8 Å². The lowest BCUT2D eigenvalue weighted by atomic mass is 10.0. The Balaban J connectivity index is 2.24. The van der Waals surface area contributed by atoms with Gasteiger partial charge in [-0.15, -0.1) is 0 Å². The molecule has 1 amide bonds. The molecule has 0 bridgehead atoms. The summed E-state index contributed by atoms with van der Waals surface area (Å²) >= 11 is 0. The number of methoxy groups -OCH3 is 2. The Morgan fingerprint density at radius 3 is 2.55 bits per heavy atom. The molecule has 0 radical (unpaired) electrons. The standard InChI is InChI=1S/C17H16N2O3/c1-21-15-8-7-13(11-16(15)22-2)19-17(20)14-6-4-3-5-12(14)9-10-18/h3-8,11H,9H2,1-2H3,(H,19,20). The summed E-state index contributed by atoms with van der Waals surface area (Å²) in [6.07, 6.45) is 0.190. The van der Waals surface area contributed by atoms with Gasteiger partial charge in [-0.3, -0.25) is 4.79 Å². The molecule has 0 unspecified atom stereocenters. The van der Waals surface area contributed by atoms with Crippen LogP contribution >= 0.6 is 0 Å². The van der Waals surface area contributed by atoms with E-state index < -0.39 is 0 Å². The monoisotopic (exact) mass is 296 g/mol. The van der Waals surface area contributed by atoms with E-state index in [0.29, 0.717) is 28.3 Å². The maximum absolute atomic E-state index is 12.4. The number of ether oxygens (including phenoxy) is 2. The number of hydrogen-bond donors (Lipinski definition) is 1. The molecule has 0 saturated carbocycles. The normalized spacial score (nSPS) is 9.68. The largest absolute Gasteiger partial charge is 0.493 e. The predicted octanol–water partition coefficient (Wildman–Crippen LogP) is 3.02. The second-order valence-electron chi connectivity index (χ2n) is 4.52. The Kier molecular flexibility index (Phi) is 4.99. The summed E-state index contributed by atoms with van der Waals surface area (Å²) in [5.41, 5.74) is 1.77. The number of nitriles is 1. The van der Waals surface area contributed by atoms with Crippen LogP contribution in [0.15, 0.2) is 42.5 Å². The van der Waals surface area contributed by atoms with Gasteiger partial charge in [0.15, 0.2) is 11.5 Å². The maximum Gasteiger partial charge on any atom is 0.255 e. The number of amides is 1. The minimum atomic E-state index is -0.266. The third kappa shape index (κ3) is 3.36. The molecule has 5 nitrogen and oxygen atoms in total. The SMILES string of the molecule is COc1ccc(NC(=O)c2ccccc2CC#N)cc1OC. The van der Waals surface area contributed by atoms with Crippen LogP contribution in [0.2, 0.25) is 0 Å². The van der Waals surface area contributed by atoms with Gasteiger partial charge in [-0.1, -0.05) is 18.2 Å². The molecule has 0 heterocycles. The molecule has 0 fully saturated rings. The fraction of sp³-hybridized carbons (Fsp3) is 0.176. The van der Waals surface area contributed by atoms with Crippen LogP contribution in [0.1, 0.15) is 15.9 Å².